The van der Waals surface area contributed by atoms with Crippen LogP contribution in [-0.4, -0.2) is 14.2 Å². The lowest BCUT2D eigenvalue weighted by Crippen LogP contribution is -2.00. The Morgan fingerprint density at radius 1 is 1.05 bits per heavy atom. The molecule has 0 bridgehead atoms. The monoisotopic (exact) mass is 310 g/mol. The summed E-state index contributed by atoms with van der Waals surface area (Å²) in [6, 6.07) is 14.7. The van der Waals surface area contributed by atoms with Crippen molar-refractivity contribution in [2.75, 3.05) is 5.75 Å². The maximum Gasteiger partial charge on any atom is 0.180 e. The first-order chi connectivity index (χ1) is 9.06. The van der Waals surface area contributed by atoms with Crippen LogP contribution in [0.3, 0.4) is 0 Å². The van der Waals surface area contributed by atoms with Gasteiger partial charge in [0.15, 0.2) is 9.84 Å². The van der Waals surface area contributed by atoms with E-state index >= 15 is 0 Å². The van der Waals surface area contributed by atoms with Crippen LogP contribution in [0.15, 0.2) is 58.3 Å². The molecule has 2 aromatic rings. The summed E-state index contributed by atoms with van der Waals surface area (Å²) in [6.07, 6.45) is 0. The van der Waals surface area contributed by atoms with E-state index in [9.17, 15) is 8.42 Å². The summed E-state index contributed by atoms with van der Waals surface area (Å²) in [5.41, 5.74) is 0.905. The van der Waals surface area contributed by atoms with Crippen LogP contribution >= 0.6 is 23.4 Å². The van der Waals surface area contributed by atoms with Gasteiger partial charge in [0.05, 0.1) is 15.9 Å². The molecule has 0 radical (unpaired) electrons. The maximum atomic E-state index is 12.1. The lowest BCUT2D eigenvalue weighted by molar-refractivity contribution is 0.600. The smallest absolute Gasteiger partial charge is 0.180 e. The van der Waals surface area contributed by atoms with Crippen LogP contribution < -0.4 is 0 Å². The second-order valence-electron chi connectivity index (χ2n) is 4.38. The summed E-state index contributed by atoms with van der Waals surface area (Å²) in [6.45, 7) is 0. The second kappa shape index (κ2) is 4.85. The summed E-state index contributed by atoms with van der Waals surface area (Å²) in [5.74, 6) is 0.166. The summed E-state index contributed by atoms with van der Waals surface area (Å²) >= 11 is 7.42. The molecular weight excluding hydrogens is 300 g/mol. The largest absolute Gasteiger partial charge is 0.224 e. The summed E-state index contributed by atoms with van der Waals surface area (Å²) in [4.78, 5) is 1.50. The van der Waals surface area contributed by atoms with Crippen molar-refractivity contribution in [3.05, 3.63) is 59.1 Å². The van der Waals surface area contributed by atoms with Gasteiger partial charge < -0.3 is 0 Å². The molecule has 5 heteroatoms. The molecule has 0 N–H and O–H groups in total. The highest BCUT2D eigenvalue weighted by Crippen LogP contribution is 2.44. The second-order valence-corrected chi connectivity index (χ2v) is 8.09. The van der Waals surface area contributed by atoms with Crippen LogP contribution in [-0.2, 0) is 9.84 Å². The van der Waals surface area contributed by atoms with Crippen molar-refractivity contribution in [2.24, 2.45) is 0 Å². The molecule has 3 rings (SSSR count). The van der Waals surface area contributed by atoms with Crippen molar-refractivity contribution in [1.29, 1.82) is 0 Å². The number of fused-ring (bicyclic) bond motifs is 1. The Hall–Kier alpha value is -0.970. The molecule has 1 aliphatic rings. The Kier molecular flexibility index (Phi) is 3.33. The van der Waals surface area contributed by atoms with Gasteiger partial charge in [0.2, 0.25) is 0 Å². The number of rotatable bonds is 2. The third-order valence-electron chi connectivity index (χ3n) is 3.06. The third kappa shape index (κ3) is 2.53. The van der Waals surface area contributed by atoms with Crippen molar-refractivity contribution in [3.8, 4) is 0 Å². The van der Waals surface area contributed by atoms with E-state index in [2.05, 4.69) is 0 Å². The molecule has 0 aromatic heterocycles. The van der Waals surface area contributed by atoms with E-state index in [-0.39, 0.29) is 11.0 Å². The zero-order valence-corrected chi connectivity index (χ0v) is 12.3. The zero-order chi connectivity index (χ0) is 13.5. The number of sulfone groups is 1. The molecule has 0 fully saturated rings. The van der Waals surface area contributed by atoms with Gasteiger partial charge in [-0.2, -0.15) is 0 Å². The van der Waals surface area contributed by atoms with Crippen LogP contribution in [0, 0.1) is 0 Å². The molecule has 1 atom stereocenters. The van der Waals surface area contributed by atoms with Gasteiger partial charge in [0.25, 0.3) is 0 Å². The molecule has 0 unspecified atom stereocenters. The predicted octanol–water partition coefficient (Wildman–Crippen LogP) is 3.96. The Labute approximate surface area is 121 Å². The predicted molar refractivity (Wildman–Crippen MR) is 78.5 cm³/mol. The van der Waals surface area contributed by atoms with Crippen LogP contribution in [0.25, 0.3) is 0 Å². The van der Waals surface area contributed by atoms with E-state index in [1.165, 1.54) is 0 Å². The normalized spacial score (nSPS) is 20.2. The highest BCUT2D eigenvalue weighted by Gasteiger charge is 2.34. The average molecular weight is 311 g/mol. The van der Waals surface area contributed by atoms with E-state index in [1.807, 2.05) is 36.4 Å². The van der Waals surface area contributed by atoms with Crippen LogP contribution in [0.2, 0.25) is 5.02 Å². The lowest BCUT2D eigenvalue weighted by atomic mass is 10.2. The van der Waals surface area contributed by atoms with E-state index in [0.717, 1.165) is 10.5 Å². The van der Waals surface area contributed by atoms with Gasteiger partial charge in [-0.25, -0.2) is 8.42 Å². The average Bonchev–Trinajstić information content (AvgIpc) is 2.65. The van der Waals surface area contributed by atoms with E-state index in [1.54, 1.807) is 23.9 Å². The fourth-order valence-corrected chi connectivity index (χ4v) is 5.76. The molecule has 0 amide bonds. The number of benzene rings is 2. The number of hydrogen-bond acceptors (Lipinski definition) is 3. The lowest BCUT2D eigenvalue weighted by Gasteiger charge is -2.09. The van der Waals surface area contributed by atoms with Gasteiger partial charge in [0.1, 0.15) is 0 Å². The van der Waals surface area contributed by atoms with Crippen LogP contribution in [0.1, 0.15) is 10.8 Å². The molecule has 0 aliphatic carbocycles. The van der Waals surface area contributed by atoms with Crippen molar-refractivity contribution >= 4 is 33.2 Å². The molecular formula is C14H11ClO2S2. The first-order valence-corrected chi connectivity index (χ1v) is 8.71. The molecule has 0 saturated carbocycles. The van der Waals surface area contributed by atoms with Gasteiger partial charge in [-0.15, -0.1) is 11.8 Å². The molecule has 1 aliphatic heterocycles. The van der Waals surface area contributed by atoms with Gasteiger partial charge in [-0.3, -0.25) is 0 Å². The fraction of sp³-hybridized carbons (Fsp3) is 0.143. The van der Waals surface area contributed by atoms with Crippen molar-refractivity contribution in [3.63, 3.8) is 0 Å². The third-order valence-corrected chi connectivity index (χ3v) is 6.59. The SMILES string of the molecule is O=S1(=O)C[C@@H](Sc2ccc(Cl)cc2)c2ccccc21. The zero-order valence-electron chi connectivity index (χ0n) is 9.91. The van der Waals surface area contributed by atoms with E-state index in [4.69, 9.17) is 11.6 Å². The van der Waals surface area contributed by atoms with Gasteiger partial charge >= 0.3 is 0 Å². The van der Waals surface area contributed by atoms with Crippen LogP contribution in [0.4, 0.5) is 0 Å². The molecule has 1 heterocycles. The van der Waals surface area contributed by atoms with Gasteiger partial charge in [-0.1, -0.05) is 29.8 Å². The topological polar surface area (TPSA) is 34.1 Å². The fourth-order valence-electron chi connectivity index (χ4n) is 2.18. The summed E-state index contributed by atoms with van der Waals surface area (Å²) < 4.78 is 24.1. The molecule has 0 saturated heterocycles. The summed E-state index contributed by atoms with van der Waals surface area (Å²) in [5, 5.41) is 0.645. The minimum Gasteiger partial charge on any atom is -0.224 e. The Bertz CT molecular complexity index is 708. The standard InChI is InChI=1S/C14H11ClO2S2/c15-10-5-7-11(8-6-10)18-13-9-19(16,17)14-4-2-1-3-12(13)14/h1-8,13H,9H2/t13-/m1/s1. The number of hydrogen-bond donors (Lipinski definition) is 0. The van der Waals surface area contributed by atoms with Crippen LogP contribution in [0.5, 0.6) is 0 Å². The number of thioether (sulfide) groups is 1. The van der Waals surface area contributed by atoms with Gasteiger partial charge in [-0.05, 0) is 35.9 Å². The molecule has 0 spiro atoms. The van der Waals surface area contributed by atoms with Crippen molar-refractivity contribution in [2.45, 2.75) is 15.0 Å². The first kappa shape index (κ1) is 13.0. The van der Waals surface area contributed by atoms with Crippen molar-refractivity contribution < 1.29 is 8.42 Å². The van der Waals surface area contributed by atoms with E-state index in [0.29, 0.717) is 9.92 Å². The maximum absolute atomic E-state index is 12.1. The minimum atomic E-state index is -3.13. The molecule has 98 valence electrons. The Balaban J connectivity index is 1.94. The Morgan fingerprint density at radius 3 is 2.47 bits per heavy atom. The quantitative estimate of drug-likeness (QED) is 0.842. The molecule has 19 heavy (non-hydrogen) atoms. The molecule has 2 nitrogen and oxygen atoms in total. The highest BCUT2D eigenvalue weighted by molar-refractivity contribution is 8.01. The first-order valence-electron chi connectivity index (χ1n) is 5.80. The highest BCUT2D eigenvalue weighted by atomic mass is 35.5. The van der Waals surface area contributed by atoms with Gasteiger partial charge in [0, 0.05) is 9.92 Å². The Morgan fingerprint density at radius 2 is 1.74 bits per heavy atom. The minimum absolute atomic E-state index is 0.0395. The molecule has 2 aromatic carbocycles. The van der Waals surface area contributed by atoms with Crippen molar-refractivity contribution in [1.82, 2.24) is 0 Å². The number of halogens is 1. The summed E-state index contributed by atoms with van der Waals surface area (Å²) in [7, 11) is -3.13. The van der Waals surface area contributed by atoms with E-state index < -0.39 is 9.84 Å².